The molecule has 1 amide bonds. The van der Waals surface area contributed by atoms with Crippen molar-refractivity contribution in [3.63, 3.8) is 0 Å². The molecule has 1 aromatic rings. The minimum absolute atomic E-state index is 0.0616. The van der Waals surface area contributed by atoms with Crippen LogP contribution in [0.5, 0.6) is 0 Å². The summed E-state index contributed by atoms with van der Waals surface area (Å²) >= 11 is 0. The lowest BCUT2D eigenvalue weighted by molar-refractivity contribution is 0.0732. The van der Waals surface area contributed by atoms with Gasteiger partial charge in [-0.2, -0.15) is 0 Å². The summed E-state index contributed by atoms with van der Waals surface area (Å²) in [6.07, 6.45) is 1.88. The number of ether oxygens (including phenoxy) is 2. The summed E-state index contributed by atoms with van der Waals surface area (Å²) in [6.45, 7) is 4.07. The predicted octanol–water partition coefficient (Wildman–Crippen LogP) is -0.147. The number of methoxy groups -OCH3 is 1. The number of aromatic nitrogens is 1. The number of morpholine rings is 1. The van der Waals surface area contributed by atoms with Gasteiger partial charge in [0.15, 0.2) is 0 Å². The highest BCUT2D eigenvalue weighted by molar-refractivity contribution is 5.92. The van der Waals surface area contributed by atoms with E-state index in [-0.39, 0.29) is 11.9 Å². The lowest BCUT2D eigenvalue weighted by atomic mass is 10.2. The fourth-order valence-corrected chi connectivity index (χ4v) is 2.06. The Kier molecular flexibility index (Phi) is 5.38. The molecule has 0 aliphatic carbocycles. The molecule has 1 aliphatic heterocycles. The first-order valence-electron chi connectivity index (χ1n) is 6.54. The molecule has 106 valence electrons. The van der Waals surface area contributed by atoms with Gasteiger partial charge in [0.1, 0.15) is 5.69 Å². The molecular weight excluding hydrogens is 246 g/mol. The first kappa shape index (κ1) is 14.0. The predicted molar refractivity (Wildman–Crippen MR) is 71.3 cm³/mol. The molecular formula is C13H21N3O3. The van der Waals surface area contributed by atoms with E-state index >= 15 is 0 Å². The molecule has 2 rings (SSSR count). The zero-order valence-corrected chi connectivity index (χ0v) is 11.2. The molecule has 1 atom stereocenters. The number of carbonyl (C=O) groups excluding carboxylic acids is 1. The summed E-state index contributed by atoms with van der Waals surface area (Å²) in [5.74, 6) is -0.0616. The molecule has 0 radical (unpaired) electrons. The van der Waals surface area contributed by atoms with E-state index in [4.69, 9.17) is 9.47 Å². The smallest absolute Gasteiger partial charge is 0.267 e. The molecule has 6 nitrogen and oxygen atoms in total. The van der Waals surface area contributed by atoms with Crippen molar-refractivity contribution in [3.8, 4) is 0 Å². The largest absolute Gasteiger partial charge is 0.383 e. The summed E-state index contributed by atoms with van der Waals surface area (Å²) in [5.41, 5.74) is 0.661. The van der Waals surface area contributed by atoms with Crippen LogP contribution in [0.2, 0.25) is 0 Å². The Hall–Kier alpha value is -1.37. The second kappa shape index (κ2) is 7.28. The van der Waals surface area contributed by atoms with Gasteiger partial charge in [-0.05, 0) is 12.1 Å². The third kappa shape index (κ3) is 4.05. The van der Waals surface area contributed by atoms with Crippen molar-refractivity contribution in [1.29, 1.82) is 0 Å². The van der Waals surface area contributed by atoms with Gasteiger partial charge in [0.05, 0.1) is 19.8 Å². The van der Waals surface area contributed by atoms with E-state index in [9.17, 15) is 4.79 Å². The summed E-state index contributed by atoms with van der Waals surface area (Å²) in [7, 11) is 1.65. The monoisotopic (exact) mass is 267 g/mol. The molecule has 1 aliphatic rings. The number of hydrogen-bond acceptors (Lipinski definition) is 4. The van der Waals surface area contributed by atoms with Crippen molar-refractivity contribution in [2.45, 2.75) is 12.6 Å². The number of amides is 1. The summed E-state index contributed by atoms with van der Waals surface area (Å²) in [6, 6.07) is 3.88. The van der Waals surface area contributed by atoms with Crippen LogP contribution in [0.15, 0.2) is 18.3 Å². The van der Waals surface area contributed by atoms with Gasteiger partial charge >= 0.3 is 0 Å². The molecule has 0 spiro atoms. The van der Waals surface area contributed by atoms with Crippen molar-refractivity contribution in [2.75, 3.05) is 40.0 Å². The third-order valence-corrected chi connectivity index (χ3v) is 3.11. The minimum atomic E-state index is -0.0616. The van der Waals surface area contributed by atoms with Crippen molar-refractivity contribution >= 4 is 5.91 Å². The highest BCUT2D eigenvalue weighted by Gasteiger charge is 2.16. The minimum Gasteiger partial charge on any atom is -0.383 e. The average Bonchev–Trinajstić information content (AvgIpc) is 2.92. The van der Waals surface area contributed by atoms with Crippen LogP contribution in [-0.2, 0) is 16.0 Å². The third-order valence-electron chi connectivity index (χ3n) is 3.11. The molecule has 0 aromatic carbocycles. The second-order valence-electron chi connectivity index (χ2n) is 4.52. The van der Waals surface area contributed by atoms with Crippen LogP contribution in [0.1, 0.15) is 10.5 Å². The molecule has 19 heavy (non-hydrogen) atoms. The van der Waals surface area contributed by atoms with Gasteiger partial charge in [-0.3, -0.25) is 4.79 Å². The van der Waals surface area contributed by atoms with E-state index in [2.05, 4.69) is 10.6 Å². The SMILES string of the molecule is COCCn1cccc1C(=O)NCC1COCCN1. The Morgan fingerprint density at radius 2 is 2.58 bits per heavy atom. The standard InChI is InChI=1S/C13H21N3O3/c1-18-8-6-16-5-2-3-12(16)13(17)15-9-11-10-19-7-4-14-11/h2-3,5,11,14H,4,6-10H2,1H3,(H,15,17). The highest BCUT2D eigenvalue weighted by Crippen LogP contribution is 2.02. The summed E-state index contributed by atoms with van der Waals surface area (Å²) in [4.78, 5) is 12.1. The first-order valence-corrected chi connectivity index (χ1v) is 6.54. The number of nitrogens with zero attached hydrogens (tertiary/aromatic N) is 1. The van der Waals surface area contributed by atoms with Crippen LogP contribution >= 0.6 is 0 Å². The van der Waals surface area contributed by atoms with Crippen LogP contribution in [-0.4, -0.2) is 56.5 Å². The number of nitrogens with one attached hydrogen (secondary N) is 2. The van der Waals surface area contributed by atoms with E-state index in [1.807, 2.05) is 22.9 Å². The second-order valence-corrected chi connectivity index (χ2v) is 4.52. The van der Waals surface area contributed by atoms with E-state index in [0.29, 0.717) is 32.0 Å². The lowest BCUT2D eigenvalue weighted by Crippen LogP contribution is -2.48. The van der Waals surface area contributed by atoms with E-state index in [1.165, 1.54) is 0 Å². The quantitative estimate of drug-likeness (QED) is 0.752. The van der Waals surface area contributed by atoms with Gasteiger partial charge in [0.2, 0.25) is 0 Å². The zero-order valence-electron chi connectivity index (χ0n) is 11.2. The number of carbonyl (C=O) groups is 1. The van der Waals surface area contributed by atoms with Gasteiger partial charge in [0.25, 0.3) is 5.91 Å². The lowest BCUT2D eigenvalue weighted by Gasteiger charge is -2.24. The maximum Gasteiger partial charge on any atom is 0.267 e. The van der Waals surface area contributed by atoms with E-state index < -0.39 is 0 Å². The molecule has 1 fully saturated rings. The average molecular weight is 267 g/mol. The van der Waals surface area contributed by atoms with Gasteiger partial charge < -0.3 is 24.7 Å². The normalized spacial score (nSPS) is 19.3. The topological polar surface area (TPSA) is 64.5 Å². The summed E-state index contributed by atoms with van der Waals surface area (Å²) < 4.78 is 12.3. The zero-order chi connectivity index (χ0) is 13.5. The maximum absolute atomic E-state index is 12.1. The Morgan fingerprint density at radius 3 is 3.32 bits per heavy atom. The molecule has 2 N–H and O–H groups in total. The van der Waals surface area contributed by atoms with E-state index in [1.54, 1.807) is 7.11 Å². The van der Waals surface area contributed by atoms with Crippen LogP contribution < -0.4 is 10.6 Å². The fourth-order valence-electron chi connectivity index (χ4n) is 2.06. The first-order chi connectivity index (χ1) is 9.31. The van der Waals surface area contributed by atoms with Crippen molar-refractivity contribution < 1.29 is 14.3 Å². The Bertz CT molecular complexity index is 400. The van der Waals surface area contributed by atoms with Crippen LogP contribution in [0.4, 0.5) is 0 Å². The van der Waals surface area contributed by atoms with Gasteiger partial charge in [0, 0.05) is 39.0 Å². The fraction of sp³-hybridized carbons (Fsp3) is 0.615. The molecule has 6 heteroatoms. The van der Waals surface area contributed by atoms with Crippen LogP contribution in [0.25, 0.3) is 0 Å². The molecule has 2 heterocycles. The molecule has 1 unspecified atom stereocenters. The molecule has 1 aromatic heterocycles. The highest BCUT2D eigenvalue weighted by atomic mass is 16.5. The Labute approximate surface area is 113 Å². The van der Waals surface area contributed by atoms with E-state index in [0.717, 1.165) is 13.2 Å². The Morgan fingerprint density at radius 1 is 1.68 bits per heavy atom. The van der Waals surface area contributed by atoms with Crippen LogP contribution in [0, 0.1) is 0 Å². The van der Waals surface area contributed by atoms with Gasteiger partial charge in [-0.25, -0.2) is 0 Å². The molecule has 0 saturated carbocycles. The van der Waals surface area contributed by atoms with Crippen LogP contribution in [0.3, 0.4) is 0 Å². The number of hydrogen-bond donors (Lipinski definition) is 2. The van der Waals surface area contributed by atoms with Crippen molar-refractivity contribution in [3.05, 3.63) is 24.0 Å². The Balaban J connectivity index is 1.83. The van der Waals surface area contributed by atoms with Crippen molar-refractivity contribution in [2.24, 2.45) is 0 Å². The number of rotatable bonds is 6. The summed E-state index contributed by atoms with van der Waals surface area (Å²) in [5, 5.41) is 6.23. The molecule has 1 saturated heterocycles. The van der Waals surface area contributed by atoms with Gasteiger partial charge in [-0.1, -0.05) is 0 Å². The van der Waals surface area contributed by atoms with Gasteiger partial charge in [-0.15, -0.1) is 0 Å². The molecule has 0 bridgehead atoms. The maximum atomic E-state index is 12.1. The van der Waals surface area contributed by atoms with Crippen molar-refractivity contribution in [1.82, 2.24) is 15.2 Å².